The van der Waals surface area contributed by atoms with Gasteiger partial charge in [-0.2, -0.15) is 0 Å². The third kappa shape index (κ3) is 3.03. The number of halogens is 1. The molecule has 0 bridgehead atoms. The van der Waals surface area contributed by atoms with Crippen molar-refractivity contribution in [2.24, 2.45) is 0 Å². The zero-order chi connectivity index (χ0) is 19.1. The SMILES string of the molecule is CCc1cc2c(=O)n3c(nc2s1)/C(=C/c1cc(Cl)c(OC)c(OC)c1)CC3. The second kappa shape index (κ2) is 7.02. The van der Waals surface area contributed by atoms with Gasteiger partial charge in [-0.15, -0.1) is 11.3 Å². The summed E-state index contributed by atoms with van der Waals surface area (Å²) in [5.41, 5.74) is 1.94. The smallest absolute Gasteiger partial charge is 0.262 e. The number of rotatable bonds is 4. The molecule has 1 aliphatic rings. The molecule has 0 aliphatic carbocycles. The van der Waals surface area contributed by atoms with Gasteiger partial charge >= 0.3 is 0 Å². The maximum Gasteiger partial charge on any atom is 0.262 e. The average molecular weight is 403 g/mol. The van der Waals surface area contributed by atoms with Crippen LogP contribution in [-0.2, 0) is 13.0 Å². The lowest BCUT2D eigenvalue weighted by atomic mass is 10.1. The topological polar surface area (TPSA) is 53.4 Å². The van der Waals surface area contributed by atoms with Crippen LogP contribution in [0.2, 0.25) is 5.02 Å². The molecule has 140 valence electrons. The average Bonchev–Trinajstić information content (AvgIpc) is 3.26. The van der Waals surface area contributed by atoms with Gasteiger partial charge in [0.05, 0.1) is 24.6 Å². The molecule has 3 heterocycles. The molecule has 0 atom stereocenters. The highest BCUT2D eigenvalue weighted by Gasteiger charge is 2.22. The summed E-state index contributed by atoms with van der Waals surface area (Å²) in [6, 6.07) is 5.67. The highest BCUT2D eigenvalue weighted by atomic mass is 35.5. The van der Waals surface area contributed by atoms with Crippen LogP contribution >= 0.6 is 22.9 Å². The van der Waals surface area contributed by atoms with Crippen LogP contribution in [0, 0.1) is 0 Å². The largest absolute Gasteiger partial charge is 0.493 e. The van der Waals surface area contributed by atoms with Crippen LogP contribution in [-0.4, -0.2) is 23.8 Å². The molecule has 0 amide bonds. The molecule has 4 rings (SSSR count). The first-order valence-corrected chi connectivity index (χ1v) is 9.90. The van der Waals surface area contributed by atoms with Crippen LogP contribution in [0.25, 0.3) is 21.9 Å². The number of ether oxygens (including phenoxy) is 2. The monoisotopic (exact) mass is 402 g/mol. The van der Waals surface area contributed by atoms with Crippen molar-refractivity contribution in [3.8, 4) is 11.5 Å². The number of methoxy groups -OCH3 is 2. The first kappa shape index (κ1) is 18.1. The third-order valence-corrected chi connectivity index (χ3v) is 6.19. The van der Waals surface area contributed by atoms with Crippen molar-refractivity contribution in [2.75, 3.05) is 14.2 Å². The molecule has 0 unspecified atom stereocenters. The van der Waals surface area contributed by atoms with Gasteiger partial charge in [0, 0.05) is 11.4 Å². The lowest BCUT2D eigenvalue weighted by molar-refractivity contribution is 0.355. The molecular weight excluding hydrogens is 384 g/mol. The number of thiophene rings is 1. The van der Waals surface area contributed by atoms with E-state index in [0.717, 1.165) is 40.0 Å². The lowest BCUT2D eigenvalue weighted by Crippen LogP contribution is -2.19. The zero-order valence-electron chi connectivity index (χ0n) is 15.3. The van der Waals surface area contributed by atoms with E-state index in [0.29, 0.717) is 23.1 Å². The Morgan fingerprint density at radius 2 is 2.11 bits per heavy atom. The first-order chi connectivity index (χ1) is 13.0. The first-order valence-electron chi connectivity index (χ1n) is 8.71. The standard InChI is InChI=1S/C20H19ClN2O3S/c1-4-13-10-14-19(27-13)22-18-12(5-6-23(18)20(14)24)7-11-8-15(21)17(26-3)16(9-11)25-2/h7-10H,4-6H2,1-3H3/b12-7+. The lowest BCUT2D eigenvalue weighted by Gasteiger charge is -2.10. The maximum atomic E-state index is 12.8. The summed E-state index contributed by atoms with van der Waals surface area (Å²) in [6.45, 7) is 2.73. The predicted octanol–water partition coefficient (Wildman–Crippen LogP) is 4.64. The summed E-state index contributed by atoms with van der Waals surface area (Å²) in [4.78, 5) is 19.6. The zero-order valence-corrected chi connectivity index (χ0v) is 16.9. The summed E-state index contributed by atoms with van der Waals surface area (Å²) in [5.74, 6) is 1.82. The number of aromatic nitrogens is 2. The highest BCUT2D eigenvalue weighted by Crippen LogP contribution is 2.38. The van der Waals surface area contributed by atoms with Crippen molar-refractivity contribution in [2.45, 2.75) is 26.3 Å². The number of hydrogen-bond acceptors (Lipinski definition) is 5. The van der Waals surface area contributed by atoms with Crippen LogP contribution in [0.1, 0.15) is 29.6 Å². The Bertz CT molecular complexity index is 1130. The van der Waals surface area contributed by atoms with Crippen molar-refractivity contribution in [3.63, 3.8) is 0 Å². The minimum Gasteiger partial charge on any atom is -0.493 e. The van der Waals surface area contributed by atoms with Crippen LogP contribution in [0.4, 0.5) is 0 Å². The molecule has 2 aromatic heterocycles. The van der Waals surface area contributed by atoms with E-state index < -0.39 is 0 Å². The van der Waals surface area contributed by atoms with Gasteiger partial charge in [-0.05, 0) is 48.3 Å². The van der Waals surface area contributed by atoms with Crippen LogP contribution < -0.4 is 15.0 Å². The Morgan fingerprint density at radius 3 is 2.81 bits per heavy atom. The van der Waals surface area contributed by atoms with E-state index in [-0.39, 0.29) is 5.56 Å². The fourth-order valence-electron chi connectivity index (χ4n) is 3.40. The molecule has 0 spiro atoms. The van der Waals surface area contributed by atoms with Gasteiger partial charge in [-0.25, -0.2) is 4.98 Å². The number of benzene rings is 1. The van der Waals surface area contributed by atoms with Crippen molar-refractivity contribution < 1.29 is 9.47 Å². The molecule has 0 fully saturated rings. The number of nitrogens with zero attached hydrogens (tertiary/aromatic N) is 2. The quantitative estimate of drug-likeness (QED) is 0.638. The van der Waals surface area contributed by atoms with Crippen molar-refractivity contribution in [1.82, 2.24) is 9.55 Å². The van der Waals surface area contributed by atoms with Crippen molar-refractivity contribution in [3.05, 3.63) is 49.8 Å². The van der Waals surface area contributed by atoms with E-state index >= 15 is 0 Å². The molecule has 1 aromatic carbocycles. The summed E-state index contributed by atoms with van der Waals surface area (Å²) < 4.78 is 12.4. The molecule has 3 aromatic rings. The van der Waals surface area contributed by atoms with Gasteiger partial charge in [0.25, 0.3) is 5.56 Å². The molecule has 0 radical (unpaired) electrons. The number of aryl methyl sites for hydroxylation is 1. The number of hydrogen-bond donors (Lipinski definition) is 0. The fourth-order valence-corrected chi connectivity index (χ4v) is 4.65. The van der Waals surface area contributed by atoms with E-state index in [1.807, 2.05) is 24.3 Å². The van der Waals surface area contributed by atoms with Crippen LogP contribution in [0.3, 0.4) is 0 Å². The number of allylic oxidation sites excluding steroid dienone is 1. The Hall–Kier alpha value is -2.31. The highest BCUT2D eigenvalue weighted by molar-refractivity contribution is 7.18. The van der Waals surface area contributed by atoms with E-state index in [2.05, 4.69) is 6.92 Å². The van der Waals surface area contributed by atoms with Gasteiger partial charge < -0.3 is 9.47 Å². The second-order valence-electron chi connectivity index (χ2n) is 6.34. The molecule has 27 heavy (non-hydrogen) atoms. The van der Waals surface area contributed by atoms with Gasteiger partial charge in [0.15, 0.2) is 11.5 Å². The Kier molecular flexibility index (Phi) is 4.70. The van der Waals surface area contributed by atoms with E-state index in [1.165, 1.54) is 4.88 Å². The summed E-state index contributed by atoms with van der Waals surface area (Å²) in [7, 11) is 3.14. The molecule has 0 saturated carbocycles. The number of fused-ring (bicyclic) bond motifs is 2. The van der Waals surface area contributed by atoms with Gasteiger partial charge in [0.2, 0.25) is 0 Å². The Morgan fingerprint density at radius 1 is 1.30 bits per heavy atom. The van der Waals surface area contributed by atoms with Crippen molar-refractivity contribution >= 4 is 44.8 Å². The van der Waals surface area contributed by atoms with E-state index in [1.54, 1.807) is 30.1 Å². The predicted molar refractivity (Wildman–Crippen MR) is 110 cm³/mol. The van der Waals surface area contributed by atoms with Crippen molar-refractivity contribution in [1.29, 1.82) is 0 Å². The maximum absolute atomic E-state index is 12.8. The van der Waals surface area contributed by atoms with Gasteiger partial charge in [0.1, 0.15) is 10.7 Å². The molecule has 0 N–H and O–H groups in total. The van der Waals surface area contributed by atoms with E-state index in [9.17, 15) is 4.79 Å². The Balaban J connectivity index is 1.84. The van der Waals surface area contributed by atoms with Gasteiger partial charge in [-0.3, -0.25) is 9.36 Å². The third-order valence-electron chi connectivity index (χ3n) is 4.74. The minimum atomic E-state index is 0.0414. The molecule has 7 heteroatoms. The summed E-state index contributed by atoms with van der Waals surface area (Å²) in [5, 5.41) is 1.20. The van der Waals surface area contributed by atoms with E-state index in [4.69, 9.17) is 26.1 Å². The van der Waals surface area contributed by atoms with Crippen LogP contribution in [0.5, 0.6) is 11.5 Å². The Labute approximate surface area is 165 Å². The van der Waals surface area contributed by atoms with Gasteiger partial charge in [-0.1, -0.05) is 18.5 Å². The molecule has 0 saturated heterocycles. The fraction of sp³-hybridized carbons (Fsp3) is 0.300. The molecule has 1 aliphatic heterocycles. The normalized spacial score (nSPS) is 14.7. The summed E-state index contributed by atoms with van der Waals surface area (Å²) >= 11 is 7.91. The molecule has 5 nitrogen and oxygen atoms in total. The molecular formula is C20H19ClN2O3S. The van der Waals surface area contributed by atoms with Crippen LogP contribution in [0.15, 0.2) is 23.0 Å². The summed E-state index contributed by atoms with van der Waals surface area (Å²) in [6.07, 6.45) is 3.67. The minimum absolute atomic E-state index is 0.0414. The second-order valence-corrected chi connectivity index (χ2v) is 7.86.